The van der Waals surface area contributed by atoms with Crippen molar-refractivity contribution < 1.29 is 73.4 Å². The van der Waals surface area contributed by atoms with Crippen molar-refractivity contribution in [3.05, 3.63) is 91.5 Å². The molecule has 0 bridgehead atoms. The second kappa shape index (κ2) is 26.3. The number of para-hydroxylation sites is 1. The Labute approximate surface area is 430 Å². The summed E-state index contributed by atoms with van der Waals surface area (Å²) in [7, 11) is -15.9. The molecule has 0 fully saturated rings. The monoisotopic (exact) mass is 1100 g/mol. The van der Waals surface area contributed by atoms with E-state index in [0.717, 1.165) is 31.1 Å². The Morgan fingerprint density at radius 3 is 1.68 bits per heavy atom. The Balaban J connectivity index is 0.000000316. The van der Waals surface area contributed by atoms with Crippen LogP contribution in [0.25, 0.3) is 0 Å². The maximum atomic E-state index is 13.1. The molecule has 1 amide bonds. The van der Waals surface area contributed by atoms with Crippen LogP contribution >= 0.6 is 23.2 Å². The molecule has 1 unspecified atom stereocenters. The molecule has 1 aliphatic carbocycles. The fourth-order valence-corrected chi connectivity index (χ4v) is 10.6. The van der Waals surface area contributed by atoms with Crippen LogP contribution in [0.4, 0.5) is 11.4 Å². The molecule has 72 heavy (non-hydrogen) atoms. The van der Waals surface area contributed by atoms with Gasteiger partial charge >= 0.3 is 0 Å². The lowest BCUT2D eigenvalue weighted by Crippen LogP contribution is -2.32. The van der Waals surface area contributed by atoms with Gasteiger partial charge in [-0.2, -0.15) is 0 Å². The third kappa shape index (κ3) is 15.5. The van der Waals surface area contributed by atoms with Crippen molar-refractivity contribution in [2.45, 2.75) is 146 Å². The number of carbonyl (C=O) groups is 3. The number of rotatable bonds is 25. The number of hydrogen-bond donors (Lipinski definition) is 5. The van der Waals surface area contributed by atoms with Gasteiger partial charge in [-0.25, -0.2) is 25.3 Å². The van der Waals surface area contributed by atoms with E-state index in [9.17, 15) is 68.6 Å². The quantitative estimate of drug-likeness (QED) is 0.0157. The summed E-state index contributed by atoms with van der Waals surface area (Å²) in [5.41, 5.74) is -3.04. The van der Waals surface area contributed by atoms with Crippen LogP contribution in [0.5, 0.6) is 23.0 Å². The van der Waals surface area contributed by atoms with Gasteiger partial charge in [-0.3, -0.25) is 14.4 Å². The molecule has 1 aliphatic rings. The van der Waals surface area contributed by atoms with E-state index in [0.29, 0.717) is 29.5 Å². The number of phenolic OH excluding ortho intramolecular Hbond substituents is 3. The number of phenols is 3. The molecule has 0 heterocycles. The molecule has 4 aromatic rings. The van der Waals surface area contributed by atoms with Crippen LogP contribution in [0.2, 0.25) is 10.0 Å². The van der Waals surface area contributed by atoms with Crippen molar-refractivity contribution >= 4 is 82.4 Å². The summed E-state index contributed by atoms with van der Waals surface area (Å²) < 4.78 is 108. The molecule has 4 aromatic carbocycles. The highest BCUT2D eigenvalue weighted by atomic mass is 35.5. The number of halogens is 2. The minimum Gasteiger partial charge on any atom is -0.747 e. The van der Waals surface area contributed by atoms with Crippen molar-refractivity contribution in [3.8, 4) is 23.0 Å². The molecule has 0 radical (unpaired) electrons. The molecular formula is C49H59Cl2N2O16S3-3. The van der Waals surface area contributed by atoms with Gasteiger partial charge in [0.2, 0.25) is 5.78 Å². The average molecular weight is 1100 g/mol. The molecule has 0 saturated heterocycles. The van der Waals surface area contributed by atoms with E-state index in [1.54, 1.807) is 0 Å². The molecule has 0 aromatic heterocycles. The van der Waals surface area contributed by atoms with E-state index in [4.69, 9.17) is 27.9 Å². The summed E-state index contributed by atoms with van der Waals surface area (Å²) in [6.07, 6.45) is 18.6. The number of ether oxygens (including phenoxy) is 1. The van der Waals surface area contributed by atoms with Gasteiger partial charge in [0.25, 0.3) is 5.91 Å². The van der Waals surface area contributed by atoms with Gasteiger partial charge in [-0.05, 0) is 73.6 Å². The first-order valence-electron chi connectivity index (χ1n) is 23.5. The maximum Gasteiger partial charge on any atom is 0.265 e. The van der Waals surface area contributed by atoms with Crippen molar-refractivity contribution in [2.75, 3.05) is 16.5 Å². The Hall–Kier alpha value is -5.00. The Bertz CT molecular complexity index is 2980. The van der Waals surface area contributed by atoms with Crippen molar-refractivity contribution in [1.29, 1.82) is 0 Å². The largest absolute Gasteiger partial charge is 0.747 e. The number of anilines is 2. The SMILES string of the molecule is CCCCCCCCCCCCCCCc1ccccc1OC(CC)C(=O)Nc1cc(Cl)c(CC)c(Cl)c1O.Cc1cc(S(=O)(=O)[O-])c(O)c2c1C(=O)c1c(O)c(S(=O)(=O)[O-])cc(NCS(=O)(=O)[O-])c1C2=O. The standard InChI is InChI=1S/C33H49Cl2NO3.C16H13NO13S3/c1-4-7-8-9-10-11-12-13-14-15-16-17-18-21-25-22-19-20-23-30(25)39-29(6-3)33(38)36-28-24-27(34)26(5-2)31(35)32(28)37;1-5-2-7(32(25,26)27)13(18)11-9(5)15(20)12-10(16(11)21)6(17-4-31(22,23)24)3-8(14(12)19)33(28,29)30/h19-20,22-24,29,37H,4-18,21H2,1-3H3,(H,36,38);2-3,17-19H,4H2,1H3,(H,22,23,24)(H,25,26,27)(H,28,29,30)/p-3. The first-order chi connectivity index (χ1) is 33.8. The van der Waals surface area contributed by atoms with Crippen molar-refractivity contribution in [1.82, 2.24) is 0 Å². The zero-order valence-corrected chi connectivity index (χ0v) is 44.2. The minimum atomic E-state index is -5.51. The number of nitrogens with one attached hydrogen (secondary N) is 2. The Kier molecular flexibility index (Phi) is 21.7. The zero-order chi connectivity index (χ0) is 53.7. The molecule has 5 N–H and O–H groups in total. The van der Waals surface area contributed by atoms with Crippen LogP contribution in [0.15, 0.2) is 52.3 Å². The van der Waals surface area contributed by atoms with Crippen LogP contribution in [0.1, 0.15) is 159 Å². The van der Waals surface area contributed by atoms with Crippen molar-refractivity contribution in [3.63, 3.8) is 0 Å². The topological polar surface area (TPSA) is 317 Å². The molecule has 0 spiro atoms. The van der Waals surface area contributed by atoms with E-state index in [2.05, 4.69) is 18.3 Å². The van der Waals surface area contributed by atoms with Crippen molar-refractivity contribution in [2.24, 2.45) is 0 Å². The van der Waals surface area contributed by atoms with Crippen LogP contribution in [-0.2, 0) is 48.0 Å². The van der Waals surface area contributed by atoms with Gasteiger partial charge in [0.1, 0.15) is 53.5 Å². The summed E-state index contributed by atoms with van der Waals surface area (Å²) in [6.45, 7) is 7.14. The molecular weight excluding hydrogens is 1040 g/mol. The maximum absolute atomic E-state index is 13.1. The molecule has 18 nitrogen and oxygen atoms in total. The number of aryl methyl sites for hydroxylation is 2. The smallest absolute Gasteiger partial charge is 0.265 e. The number of carbonyl (C=O) groups excluding carboxylic acids is 3. The molecule has 0 saturated carbocycles. The molecule has 396 valence electrons. The van der Waals surface area contributed by atoms with Gasteiger partial charge in [-0.15, -0.1) is 0 Å². The van der Waals surface area contributed by atoms with Crippen LogP contribution in [0, 0.1) is 6.92 Å². The fourth-order valence-electron chi connectivity index (χ4n) is 8.25. The van der Waals surface area contributed by atoms with Gasteiger partial charge in [0, 0.05) is 16.3 Å². The summed E-state index contributed by atoms with van der Waals surface area (Å²) in [5.74, 6) is -6.95. The average Bonchev–Trinajstić information content (AvgIpc) is 3.30. The Morgan fingerprint density at radius 2 is 1.17 bits per heavy atom. The number of fused-ring (bicyclic) bond motifs is 2. The highest BCUT2D eigenvalue weighted by molar-refractivity contribution is 7.86. The van der Waals surface area contributed by atoms with Crippen LogP contribution in [0.3, 0.4) is 0 Å². The minimum absolute atomic E-state index is 0.164. The first-order valence-corrected chi connectivity index (χ1v) is 28.6. The van der Waals surface area contributed by atoms with Crippen LogP contribution in [-0.4, -0.2) is 83.7 Å². The lowest BCUT2D eigenvalue weighted by atomic mass is 9.80. The number of aromatic hydroxyl groups is 3. The van der Waals surface area contributed by atoms with E-state index < -0.39 is 103 Å². The fraction of sp³-hybridized carbons (Fsp3) is 0.449. The number of benzene rings is 4. The third-order valence-electron chi connectivity index (χ3n) is 12.0. The Morgan fingerprint density at radius 1 is 0.667 bits per heavy atom. The first kappa shape index (κ1) is 59.6. The number of hydrogen-bond acceptors (Lipinski definition) is 17. The van der Waals surface area contributed by atoms with E-state index in [1.807, 2.05) is 37.4 Å². The predicted molar refractivity (Wildman–Crippen MR) is 269 cm³/mol. The van der Waals surface area contributed by atoms with Gasteiger partial charge in [-0.1, -0.05) is 139 Å². The van der Waals surface area contributed by atoms with E-state index in [-0.39, 0.29) is 34.0 Å². The summed E-state index contributed by atoms with van der Waals surface area (Å²) in [5, 5.41) is 36.3. The van der Waals surface area contributed by atoms with Gasteiger partial charge < -0.3 is 44.3 Å². The van der Waals surface area contributed by atoms with Gasteiger partial charge in [0.05, 0.1) is 37.2 Å². The number of amides is 1. The second-order valence-electron chi connectivity index (χ2n) is 17.3. The second-order valence-corrected chi connectivity index (χ2v) is 22.1. The lowest BCUT2D eigenvalue weighted by molar-refractivity contribution is -0.122. The summed E-state index contributed by atoms with van der Waals surface area (Å²) in [4.78, 5) is 36.6. The third-order valence-corrected chi connectivity index (χ3v) is 14.9. The van der Waals surface area contributed by atoms with E-state index in [1.165, 1.54) is 83.1 Å². The molecule has 5 rings (SSSR count). The number of unbranched alkanes of at least 4 members (excludes halogenated alkanes) is 12. The molecule has 0 aliphatic heterocycles. The highest BCUT2D eigenvalue weighted by Gasteiger charge is 2.40. The zero-order valence-electron chi connectivity index (χ0n) is 40.3. The van der Waals surface area contributed by atoms with E-state index >= 15 is 0 Å². The summed E-state index contributed by atoms with van der Waals surface area (Å²) >= 11 is 12.6. The highest BCUT2D eigenvalue weighted by Crippen LogP contribution is 2.46. The lowest BCUT2D eigenvalue weighted by Gasteiger charge is -2.26. The van der Waals surface area contributed by atoms with Crippen LogP contribution < -0.4 is 15.4 Å². The summed E-state index contributed by atoms with van der Waals surface area (Å²) in [6, 6.07) is 10.3. The normalized spacial score (nSPS) is 12.9. The van der Waals surface area contributed by atoms with Gasteiger partial charge in [0.15, 0.2) is 17.6 Å². The predicted octanol–water partition coefficient (Wildman–Crippen LogP) is 9.60. The molecule has 1 atom stereocenters. The molecule has 23 heteroatoms. The number of ketones is 2.